The molecule has 5 heteroatoms. The van der Waals surface area contributed by atoms with Gasteiger partial charge in [0, 0.05) is 18.5 Å². The van der Waals surface area contributed by atoms with E-state index in [4.69, 9.17) is 0 Å². The monoisotopic (exact) mass is 275 g/mol. The molecule has 1 heterocycles. The first kappa shape index (κ1) is 14.3. The van der Waals surface area contributed by atoms with E-state index in [0.29, 0.717) is 6.54 Å². The van der Waals surface area contributed by atoms with Crippen LogP contribution >= 0.6 is 0 Å². The number of nitrogens with zero attached hydrogens (tertiary/aromatic N) is 1. The summed E-state index contributed by atoms with van der Waals surface area (Å²) in [4.78, 5) is 0. The zero-order valence-corrected chi connectivity index (χ0v) is 12.4. The lowest BCUT2D eigenvalue weighted by Crippen LogP contribution is -2.48. The maximum atomic E-state index is 12.6. The molecule has 0 aromatic rings. The van der Waals surface area contributed by atoms with Gasteiger partial charge in [0.05, 0.1) is 10.9 Å². The fourth-order valence-corrected chi connectivity index (χ4v) is 4.95. The van der Waals surface area contributed by atoms with Crippen molar-refractivity contribution in [2.45, 2.75) is 69.8 Å². The topological polar surface area (TPSA) is 57.6 Å². The number of hydrogen-bond donors (Lipinski definition) is 1. The number of aliphatic hydroxyl groups is 1. The van der Waals surface area contributed by atoms with Gasteiger partial charge in [-0.1, -0.05) is 6.42 Å². The summed E-state index contributed by atoms with van der Waals surface area (Å²) >= 11 is 0. The van der Waals surface area contributed by atoms with Crippen molar-refractivity contribution < 1.29 is 13.5 Å². The first-order valence-electron chi connectivity index (χ1n) is 6.94. The Balaban J connectivity index is 2.23. The number of rotatable bonds is 2. The second-order valence-electron chi connectivity index (χ2n) is 6.60. The van der Waals surface area contributed by atoms with Crippen LogP contribution in [-0.4, -0.2) is 41.3 Å². The van der Waals surface area contributed by atoms with Crippen molar-refractivity contribution >= 4 is 10.0 Å². The molecule has 2 rings (SSSR count). The van der Waals surface area contributed by atoms with Gasteiger partial charge in [0.25, 0.3) is 0 Å². The fourth-order valence-electron chi connectivity index (χ4n) is 3.26. The standard InChI is InChI=1S/C13H25NO3S/c1-13(2,3)18(16,17)14-9-5-7-11(14)10-6-4-8-12(10)15/h10-12,15H,4-9H2,1-3H3. The molecule has 2 fully saturated rings. The van der Waals surface area contributed by atoms with Gasteiger partial charge in [-0.05, 0) is 46.5 Å². The van der Waals surface area contributed by atoms with Crippen molar-refractivity contribution in [3.05, 3.63) is 0 Å². The summed E-state index contributed by atoms with van der Waals surface area (Å²) in [7, 11) is -3.26. The van der Waals surface area contributed by atoms with Crippen LogP contribution in [0.5, 0.6) is 0 Å². The van der Waals surface area contributed by atoms with Crippen molar-refractivity contribution in [3.63, 3.8) is 0 Å². The van der Waals surface area contributed by atoms with Gasteiger partial charge in [-0.25, -0.2) is 8.42 Å². The summed E-state index contributed by atoms with van der Waals surface area (Å²) in [6.45, 7) is 5.88. The Labute approximate surface area is 110 Å². The maximum absolute atomic E-state index is 12.6. The fraction of sp³-hybridized carbons (Fsp3) is 1.00. The molecule has 3 unspecified atom stereocenters. The third-order valence-electron chi connectivity index (χ3n) is 4.36. The number of hydrogen-bond acceptors (Lipinski definition) is 3. The van der Waals surface area contributed by atoms with E-state index in [1.807, 2.05) is 0 Å². The Kier molecular flexibility index (Phi) is 3.78. The number of aliphatic hydroxyl groups excluding tert-OH is 1. The molecule has 0 radical (unpaired) electrons. The Morgan fingerprint density at radius 2 is 1.78 bits per heavy atom. The Morgan fingerprint density at radius 1 is 1.11 bits per heavy atom. The molecule has 0 bridgehead atoms. The minimum Gasteiger partial charge on any atom is -0.393 e. The molecule has 18 heavy (non-hydrogen) atoms. The van der Waals surface area contributed by atoms with Crippen LogP contribution in [0.2, 0.25) is 0 Å². The van der Waals surface area contributed by atoms with E-state index in [9.17, 15) is 13.5 Å². The molecule has 2 aliphatic rings. The first-order valence-corrected chi connectivity index (χ1v) is 8.38. The summed E-state index contributed by atoms with van der Waals surface area (Å²) in [6, 6.07) is 0.0201. The molecular formula is C13H25NO3S. The van der Waals surface area contributed by atoms with Crippen LogP contribution in [0, 0.1) is 5.92 Å². The normalized spacial score (nSPS) is 35.2. The summed E-state index contributed by atoms with van der Waals surface area (Å²) in [5.74, 6) is 0.143. The second kappa shape index (κ2) is 4.76. The van der Waals surface area contributed by atoms with Gasteiger partial charge in [0.2, 0.25) is 10.0 Å². The molecule has 4 nitrogen and oxygen atoms in total. The van der Waals surface area contributed by atoms with Crippen molar-refractivity contribution in [2.24, 2.45) is 5.92 Å². The van der Waals surface area contributed by atoms with Crippen LogP contribution in [0.3, 0.4) is 0 Å². The van der Waals surface area contributed by atoms with E-state index in [2.05, 4.69) is 0 Å². The van der Waals surface area contributed by atoms with E-state index in [-0.39, 0.29) is 18.1 Å². The summed E-state index contributed by atoms with van der Waals surface area (Å²) in [6.07, 6.45) is 4.31. The van der Waals surface area contributed by atoms with Crippen LogP contribution in [0.1, 0.15) is 52.9 Å². The van der Waals surface area contributed by atoms with Crippen molar-refractivity contribution in [2.75, 3.05) is 6.54 Å². The average molecular weight is 275 g/mol. The third-order valence-corrected chi connectivity index (χ3v) is 6.98. The minimum absolute atomic E-state index is 0.0201. The Morgan fingerprint density at radius 3 is 2.28 bits per heavy atom. The molecular weight excluding hydrogens is 250 g/mol. The quantitative estimate of drug-likeness (QED) is 0.835. The Bertz CT molecular complexity index is 399. The highest BCUT2D eigenvalue weighted by Crippen LogP contribution is 2.38. The van der Waals surface area contributed by atoms with E-state index >= 15 is 0 Å². The van der Waals surface area contributed by atoms with Gasteiger partial charge in [-0.15, -0.1) is 0 Å². The highest BCUT2D eigenvalue weighted by atomic mass is 32.2. The molecule has 106 valence electrons. The van der Waals surface area contributed by atoms with E-state index in [1.54, 1.807) is 25.1 Å². The molecule has 1 saturated heterocycles. The highest BCUT2D eigenvalue weighted by molar-refractivity contribution is 7.90. The highest BCUT2D eigenvalue weighted by Gasteiger charge is 2.46. The predicted octanol–water partition coefficient (Wildman–Crippen LogP) is 1.74. The molecule has 0 amide bonds. The van der Waals surface area contributed by atoms with Gasteiger partial charge >= 0.3 is 0 Å². The molecule has 0 aromatic heterocycles. The lowest BCUT2D eigenvalue weighted by Gasteiger charge is -2.34. The van der Waals surface area contributed by atoms with Crippen molar-refractivity contribution in [1.82, 2.24) is 4.31 Å². The van der Waals surface area contributed by atoms with Crippen LogP contribution in [-0.2, 0) is 10.0 Å². The molecule has 1 aliphatic heterocycles. The maximum Gasteiger partial charge on any atom is 0.219 e. The molecule has 0 aromatic carbocycles. The molecule has 1 saturated carbocycles. The van der Waals surface area contributed by atoms with E-state index < -0.39 is 14.8 Å². The molecule has 1 aliphatic carbocycles. The van der Waals surface area contributed by atoms with Gasteiger partial charge in [-0.2, -0.15) is 4.31 Å². The predicted molar refractivity (Wildman–Crippen MR) is 71.7 cm³/mol. The summed E-state index contributed by atoms with van der Waals surface area (Å²) < 4.78 is 26.1. The zero-order chi connectivity index (χ0) is 13.6. The number of sulfonamides is 1. The smallest absolute Gasteiger partial charge is 0.219 e. The zero-order valence-electron chi connectivity index (χ0n) is 11.6. The van der Waals surface area contributed by atoms with Gasteiger partial charge in [0.15, 0.2) is 0 Å². The van der Waals surface area contributed by atoms with Crippen LogP contribution in [0.4, 0.5) is 0 Å². The van der Waals surface area contributed by atoms with Crippen molar-refractivity contribution in [1.29, 1.82) is 0 Å². The summed E-state index contributed by atoms with van der Waals surface area (Å²) in [5.41, 5.74) is 0. The molecule has 3 atom stereocenters. The van der Waals surface area contributed by atoms with E-state index in [0.717, 1.165) is 32.1 Å². The molecule has 1 N–H and O–H groups in total. The van der Waals surface area contributed by atoms with Crippen molar-refractivity contribution in [3.8, 4) is 0 Å². The van der Waals surface area contributed by atoms with Crippen LogP contribution < -0.4 is 0 Å². The first-order chi connectivity index (χ1) is 8.25. The van der Waals surface area contributed by atoms with E-state index in [1.165, 1.54) is 0 Å². The van der Waals surface area contributed by atoms with Gasteiger partial charge in [-0.3, -0.25) is 0 Å². The largest absolute Gasteiger partial charge is 0.393 e. The minimum atomic E-state index is -3.26. The average Bonchev–Trinajstić information content (AvgIpc) is 2.83. The van der Waals surface area contributed by atoms with Gasteiger partial charge in [0.1, 0.15) is 0 Å². The van der Waals surface area contributed by atoms with Crippen LogP contribution in [0.15, 0.2) is 0 Å². The summed E-state index contributed by atoms with van der Waals surface area (Å²) in [5, 5.41) is 10.0. The Hall–Kier alpha value is -0.130. The lowest BCUT2D eigenvalue weighted by molar-refractivity contribution is 0.0969. The van der Waals surface area contributed by atoms with Crippen LogP contribution in [0.25, 0.3) is 0 Å². The second-order valence-corrected chi connectivity index (χ2v) is 9.24. The SMILES string of the molecule is CC(C)(C)S(=O)(=O)N1CCCC1C1CCCC1O. The lowest BCUT2D eigenvalue weighted by atomic mass is 9.95. The third kappa shape index (κ3) is 2.32. The van der Waals surface area contributed by atoms with Gasteiger partial charge < -0.3 is 5.11 Å². The molecule has 0 spiro atoms.